The summed E-state index contributed by atoms with van der Waals surface area (Å²) < 4.78 is 10.5. The Morgan fingerprint density at radius 1 is 1.42 bits per heavy atom. The van der Waals surface area contributed by atoms with E-state index in [1.165, 1.54) is 6.26 Å². The highest BCUT2D eigenvalue weighted by molar-refractivity contribution is 6.01. The van der Waals surface area contributed by atoms with Crippen LogP contribution in [0.2, 0.25) is 0 Å². The summed E-state index contributed by atoms with van der Waals surface area (Å²) in [4.78, 5) is 12.2. The Balaban J connectivity index is 2.24. The Morgan fingerprint density at radius 2 is 2.21 bits per heavy atom. The largest absolute Gasteiger partial charge is 0.496 e. The van der Waals surface area contributed by atoms with Gasteiger partial charge >= 0.3 is 0 Å². The van der Waals surface area contributed by atoms with Crippen molar-refractivity contribution in [2.45, 2.75) is 26.3 Å². The van der Waals surface area contributed by atoms with Crippen LogP contribution in [0.4, 0.5) is 0 Å². The van der Waals surface area contributed by atoms with Gasteiger partial charge in [-0.25, -0.2) is 0 Å². The number of nitrogens with one attached hydrogen (secondary N) is 1. The van der Waals surface area contributed by atoms with Gasteiger partial charge in [-0.15, -0.1) is 0 Å². The van der Waals surface area contributed by atoms with E-state index in [-0.39, 0.29) is 12.1 Å². The second kappa shape index (κ2) is 8.02. The standard InChI is InChI=1S/C19H20N2O3/c1-13(2)14-6-7-18(23-3)15(9-14)10-16(11-20)19(22)21-12-17-5-4-8-24-17/h4-10,13H,12H2,1-3H3,(H,21,22)/b16-10+. The number of methoxy groups -OCH3 is 1. The Morgan fingerprint density at radius 3 is 2.79 bits per heavy atom. The highest BCUT2D eigenvalue weighted by Gasteiger charge is 2.12. The van der Waals surface area contributed by atoms with Gasteiger partial charge in [0, 0.05) is 5.56 Å². The van der Waals surface area contributed by atoms with Crippen molar-refractivity contribution in [2.24, 2.45) is 0 Å². The number of nitriles is 1. The van der Waals surface area contributed by atoms with Gasteiger partial charge in [-0.05, 0) is 41.8 Å². The lowest BCUT2D eigenvalue weighted by Gasteiger charge is -2.11. The molecule has 1 heterocycles. The minimum atomic E-state index is -0.453. The van der Waals surface area contributed by atoms with Gasteiger partial charge in [-0.1, -0.05) is 19.9 Å². The molecule has 5 heteroatoms. The third kappa shape index (κ3) is 4.26. The molecule has 0 aliphatic heterocycles. The number of carbonyl (C=O) groups is 1. The van der Waals surface area contributed by atoms with Crippen molar-refractivity contribution in [1.82, 2.24) is 5.32 Å². The lowest BCUT2D eigenvalue weighted by atomic mass is 9.99. The maximum absolute atomic E-state index is 12.2. The van der Waals surface area contributed by atoms with E-state index in [9.17, 15) is 10.1 Å². The Bertz CT molecular complexity index is 768. The quantitative estimate of drug-likeness (QED) is 0.650. The van der Waals surface area contributed by atoms with Crippen LogP contribution in [0, 0.1) is 11.3 Å². The van der Waals surface area contributed by atoms with Crippen LogP contribution in [0.1, 0.15) is 36.7 Å². The number of amides is 1. The van der Waals surface area contributed by atoms with Crippen molar-refractivity contribution >= 4 is 12.0 Å². The van der Waals surface area contributed by atoms with Gasteiger partial charge in [0.2, 0.25) is 0 Å². The SMILES string of the molecule is COc1ccc(C(C)C)cc1/C=C(\C#N)C(=O)NCc1ccco1. The fourth-order valence-electron chi connectivity index (χ4n) is 2.20. The molecule has 0 unspecified atom stereocenters. The summed E-state index contributed by atoms with van der Waals surface area (Å²) in [5.74, 6) is 1.12. The summed E-state index contributed by atoms with van der Waals surface area (Å²) in [6, 6.07) is 11.2. The molecule has 1 aromatic carbocycles. The highest BCUT2D eigenvalue weighted by atomic mass is 16.5. The zero-order chi connectivity index (χ0) is 17.5. The van der Waals surface area contributed by atoms with Crippen LogP contribution in [0.3, 0.4) is 0 Å². The number of carbonyl (C=O) groups excluding carboxylic acids is 1. The molecule has 0 fully saturated rings. The van der Waals surface area contributed by atoms with Crippen molar-refractivity contribution in [2.75, 3.05) is 7.11 Å². The van der Waals surface area contributed by atoms with Gasteiger partial charge in [-0.3, -0.25) is 4.79 Å². The molecule has 0 atom stereocenters. The van der Waals surface area contributed by atoms with Gasteiger partial charge in [0.25, 0.3) is 5.91 Å². The Labute approximate surface area is 141 Å². The third-order valence-electron chi connectivity index (χ3n) is 3.59. The van der Waals surface area contributed by atoms with Crippen LogP contribution in [0.5, 0.6) is 5.75 Å². The van der Waals surface area contributed by atoms with Gasteiger partial charge in [0.05, 0.1) is 19.9 Å². The molecule has 2 aromatic rings. The Hall–Kier alpha value is -3.00. The van der Waals surface area contributed by atoms with Crippen LogP contribution in [0.25, 0.3) is 6.08 Å². The first-order chi connectivity index (χ1) is 11.5. The van der Waals surface area contributed by atoms with E-state index in [4.69, 9.17) is 9.15 Å². The molecule has 0 saturated carbocycles. The van der Waals surface area contributed by atoms with Crippen molar-refractivity contribution < 1.29 is 13.9 Å². The molecule has 0 aliphatic carbocycles. The minimum absolute atomic E-state index is 0.0146. The van der Waals surface area contributed by atoms with E-state index in [0.29, 0.717) is 23.0 Å². The van der Waals surface area contributed by atoms with Crippen LogP contribution >= 0.6 is 0 Å². The van der Waals surface area contributed by atoms with Gasteiger partial charge in [0.1, 0.15) is 23.2 Å². The van der Waals surface area contributed by atoms with Crippen LogP contribution in [0.15, 0.2) is 46.6 Å². The normalized spacial score (nSPS) is 11.2. The van der Waals surface area contributed by atoms with E-state index < -0.39 is 5.91 Å². The lowest BCUT2D eigenvalue weighted by Crippen LogP contribution is -2.23. The first kappa shape index (κ1) is 17.4. The predicted octanol–water partition coefficient (Wildman–Crippen LogP) is 3.63. The second-order valence-corrected chi connectivity index (χ2v) is 5.59. The van der Waals surface area contributed by atoms with Crippen LogP contribution in [-0.4, -0.2) is 13.0 Å². The predicted molar refractivity (Wildman–Crippen MR) is 91.2 cm³/mol. The number of benzene rings is 1. The number of ether oxygens (including phenoxy) is 1. The number of rotatable bonds is 6. The monoisotopic (exact) mass is 324 g/mol. The van der Waals surface area contributed by atoms with E-state index in [1.807, 2.05) is 24.3 Å². The molecule has 124 valence electrons. The number of nitrogens with zero attached hydrogens (tertiary/aromatic N) is 1. The summed E-state index contributed by atoms with van der Waals surface area (Å²) in [6.07, 6.45) is 3.08. The summed E-state index contributed by atoms with van der Waals surface area (Å²) in [5, 5.41) is 12.0. The molecule has 1 amide bonds. The molecule has 5 nitrogen and oxygen atoms in total. The summed E-state index contributed by atoms with van der Waals surface area (Å²) in [5.41, 5.74) is 1.82. The van der Waals surface area contributed by atoms with Gasteiger partial charge in [0.15, 0.2) is 0 Å². The summed E-state index contributed by atoms with van der Waals surface area (Å²) in [7, 11) is 1.56. The number of hydrogen-bond donors (Lipinski definition) is 1. The average Bonchev–Trinajstić information content (AvgIpc) is 3.10. The minimum Gasteiger partial charge on any atom is -0.496 e. The highest BCUT2D eigenvalue weighted by Crippen LogP contribution is 2.26. The molecule has 1 aromatic heterocycles. The molecule has 2 rings (SSSR count). The zero-order valence-electron chi connectivity index (χ0n) is 14.0. The molecule has 0 aliphatic rings. The van der Waals surface area contributed by atoms with Crippen molar-refractivity contribution in [1.29, 1.82) is 5.26 Å². The van der Waals surface area contributed by atoms with Crippen molar-refractivity contribution in [3.8, 4) is 11.8 Å². The molecule has 24 heavy (non-hydrogen) atoms. The van der Waals surface area contributed by atoms with Crippen molar-refractivity contribution in [3.05, 3.63) is 59.1 Å². The fourth-order valence-corrected chi connectivity index (χ4v) is 2.20. The molecule has 0 bridgehead atoms. The smallest absolute Gasteiger partial charge is 0.262 e. The van der Waals surface area contributed by atoms with E-state index in [0.717, 1.165) is 5.56 Å². The first-order valence-corrected chi connectivity index (χ1v) is 7.65. The van der Waals surface area contributed by atoms with Crippen LogP contribution < -0.4 is 10.1 Å². The number of furan rings is 1. The lowest BCUT2D eigenvalue weighted by molar-refractivity contribution is -0.117. The van der Waals surface area contributed by atoms with Gasteiger partial charge < -0.3 is 14.5 Å². The maximum atomic E-state index is 12.2. The average molecular weight is 324 g/mol. The fraction of sp³-hybridized carbons (Fsp3) is 0.263. The van der Waals surface area contributed by atoms with Crippen LogP contribution in [-0.2, 0) is 11.3 Å². The topological polar surface area (TPSA) is 75.3 Å². The molecule has 0 radical (unpaired) electrons. The molecule has 1 N–H and O–H groups in total. The second-order valence-electron chi connectivity index (χ2n) is 5.59. The van der Waals surface area contributed by atoms with E-state index >= 15 is 0 Å². The first-order valence-electron chi connectivity index (χ1n) is 7.65. The summed E-state index contributed by atoms with van der Waals surface area (Å²) >= 11 is 0. The molecular formula is C19H20N2O3. The zero-order valence-corrected chi connectivity index (χ0v) is 14.0. The number of hydrogen-bond acceptors (Lipinski definition) is 4. The molecular weight excluding hydrogens is 304 g/mol. The van der Waals surface area contributed by atoms with E-state index in [1.54, 1.807) is 25.3 Å². The molecule has 0 saturated heterocycles. The van der Waals surface area contributed by atoms with Crippen molar-refractivity contribution in [3.63, 3.8) is 0 Å². The van der Waals surface area contributed by atoms with Gasteiger partial charge in [-0.2, -0.15) is 5.26 Å². The third-order valence-corrected chi connectivity index (χ3v) is 3.59. The summed E-state index contributed by atoms with van der Waals surface area (Å²) in [6.45, 7) is 4.39. The molecule has 0 spiro atoms. The maximum Gasteiger partial charge on any atom is 0.262 e. The van der Waals surface area contributed by atoms with E-state index in [2.05, 4.69) is 19.2 Å². The Kier molecular flexibility index (Phi) is 5.80.